The van der Waals surface area contributed by atoms with Gasteiger partial charge in [0, 0.05) is 0 Å². The van der Waals surface area contributed by atoms with Crippen LogP contribution < -0.4 is 9.22 Å². The summed E-state index contributed by atoms with van der Waals surface area (Å²) in [4.78, 5) is 4.19. The van der Waals surface area contributed by atoms with Gasteiger partial charge in [0.25, 0.3) is 0 Å². The van der Waals surface area contributed by atoms with Gasteiger partial charge in [0.05, 0.1) is 0 Å². The molecule has 2 nitrogen and oxygen atoms in total. The molecule has 2 radical (unpaired) electrons. The molecule has 0 bridgehead atoms. The molecule has 16 heavy (non-hydrogen) atoms. The third kappa shape index (κ3) is 3.10. The molecule has 0 fully saturated rings. The van der Waals surface area contributed by atoms with Crippen LogP contribution in [0, 0.1) is 0 Å². The van der Waals surface area contributed by atoms with E-state index in [9.17, 15) is 0 Å². The number of rotatable bonds is 3. The van der Waals surface area contributed by atoms with Crippen LogP contribution in [0.15, 0.2) is 47.1 Å². The van der Waals surface area contributed by atoms with Crippen molar-refractivity contribution in [3.8, 4) is 5.75 Å². The van der Waals surface area contributed by atoms with Gasteiger partial charge >= 0.3 is 112 Å². The van der Waals surface area contributed by atoms with E-state index < -0.39 is 0 Å². The zero-order valence-electron chi connectivity index (χ0n) is 8.43. The van der Waals surface area contributed by atoms with E-state index in [1.807, 2.05) is 36.4 Å². The molecule has 0 aliphatic heterocycles. The summed E-state index contributed by atoms with van der Waals surface area (Å²) in [5.41, 5.74) is 1.15. The molecule has 1 aromatic carbocycles. The molecule has 0 N–H and O–H groups in total. The van der Waals surface area contributed by atoms with Crippen molar-refractivity contribution in [2.24, 2.45) is 0 Å². The minimum atomic E-state index is 0.559. The normalized spacial score (nSPS) is 10.1. The summed E-state index contributed by atoms with van der Waals surface area (Å²) in [5.74, 6) is 0.790. The molecule has 1 heterocycles. The molecule has 2 aromatic rings. The van der Waals surface area contributed by atoms with Crippen molar-refractivity contribution in [2.75, 3.05) is 0 Å². The van der Waals surface area contributed by atoms with Crippen LogP contribution in [-0.2, 0) is 6.61 Å². The fraction of sp³-hybridized carbons (Fsp3) is 0.0833. The molecule has 0 saturated heterocycles. The van der Waals surface area contributed by atoms with Crippen LogP contribution in [0.1, 0.15) is 5.56 Å². The Morgan fingerprint density at radius 2 is 2.00 bits per heavy atom. The number of hydrogen-bond donors (Lipinski definition) is 0. The van der Waals surface area contributed by atoms with Crippen molar-refractivity contribution in [1.29, 1.82) is 0 Å². The molecule has 0 unspecified atom stereocenters. The van der Waals surface area contributed by atoms with Crippen molar-refractivity contribution >= 4 is 37.3 Å². The second kappa shape index (κ2) is 5.51. The van der Waals surface area contributed by atoms with Crippen LogP contribution in [-0.4, -0.2) is 21.8 Å². The summed E-state index contributed by atoms with van der Waals surface area (Å²) in [5, 5.41) is 0. The van der Waals surface area contributed by atoms with Gasteiger partial charge in [-0.15, -0.1) is 0 Å². The van der Waals surface area contributed by atoms with E-state index in [2.05, 4.69) is 37.8 Å². The quantitative estimate of drug-likeness (QED) is 0.801. The molecule has 1 aromatic heterocycles. The average Bonchev–Trinajstić information content (AvgIpc) is 2.32. The second-order valence-electron chi connectivity index (χ2n) is 3.25. The molecule has 4 heteroatoms. The van der Waals surface area contributed by atoms with Crippen molar-refractivity contribution in [3.05, 3.63) is 52.6 Å². The number of nitrogens with zero attached hydrogens (tertiary/aromatic N) is 1. The summed E-state index contributed by atoms with van der Waals surface area (Å²) < 4.78 is 7.46. The van der Waals surface area contributed by atoms with Gasteiger partial charge in [-0.3, -0.25) is 0 Å². The van der Waals surface area contributed by atoms with Crippen molar-refractivity contribution in [3.63, 3.8) is 0 Å². The van der Waals surface area contributed by atoms with Crippen molar-refractivity contribution in [1.82, 2.24) is 4.98 Å². The van der Waals surface area contributed by atoms with E-state index in [1.165, 1.54) is 0 Å². The van der Waals surface area contributed by atoms with Gasteiger partial charge in [-0.25, -0.2) is 0 Å². The van der Waals surface area contributed by atoms with E-state index in [4.69, 9.17) is 4.74 Å². The molecule has 0 spiro atoms. The van der Waals surface area contributed by atoms with Gasteiger partial charge < -0.3 is 0 Å². The Bertz CT molecular complexity index is 476. The number of pyridine rings is 1. The fourth-order valence-electron chi connectivity index (χ4n) is 1.26. The van der Waals surface area contributed by atoms with Crippen molar-refractivity contribution in [2.45, 2.75) is 6.61 Å². The Hall–Kier alpha value is -0.792. The zero-order valence-corrected chi connectivity index (χ0v) is 11.9. The van der Waals surface area contributed by atoms with E-state index in [1.54, 1.807) is 6.20 Å². The minimum absolute atomic E-state index is 0.559. The molecule has 0 aliphatic rings. The zero-order chi connectivity index (χ0) is 11.4. The first-order chi connectivity index (χ1) is 7.75. The van der Waals surface area contributed by atoms with Gasteiger partial charge in [-0.05, 0) is 0 Å². The molecule has 2 rings (SSSR count). The number of benzene rings is 1. The standard InChI is InChI=1S/C12H9AsBrNO/c13-12-11(6-10(14)7-15-12)16-8-9-4-2-1-3-5-9/h1-7H,8H2. The first-order valence-electron chi connectivity index (χ1n) is 4.77. The van der Waals surface area contributed by atoms with E-state index in [0.29, 0.717) is 6.61 Å². The molecule has 0 amide bonds. The number of ether oxygens (including phenoxy) is 1. The average molecular weight is 338 g/mol. The topological polar surface area (TPSA) is 22.1 Å². The number of hydrogen-bond acceptors (Lipinski definition) is 2. The molecule has 0 atom stereocenters. The third-order valence-corrected chi connectivity index (χ3v) is 3.18. The summed E-state index contributed by atoms with van der Waals surface area (Å²) in [6.45, 7) is 0.559. The summed E-state index contributed by atoms with van der Waals surface area (Å²) in [7, 11) is 0. The van der Waals surface area contributed by atoms with Gasteiger partial charge in [0.1, 0.15) is 0 Å². The predicted molar refractivity (Wildman–Crippen MR) is 68.1 cm³/mol. The number of aromatic nitrogens is 1. The molecule has 0 aliphatic carbocycles. The summed E-state index contributed by atoms with van der Waals surface area (Å²) in [6, 6.07) is 12.0. The van der Waals surface area contributed by atoms with Crippen LogP contribution in [0.25, 0.3) is 0 Å². The molecule has 80 valence electrons. The van der Waals surface area contributed by atoms with Gasteiger partial charge in [-0.1, -0.05) is 0 Å². The van der Waals surface area contributed by atoms with Crippen LogP contribution in [0.5, 0.6) is 5.75 Å². The summed E-state index contributed by atoms with van der Waals surface area (Å²) in [6.07, 6.45) is 1.75. The van der Waals surface area contributed by atoms with Crippen LogP contribution >= 0.6 is 15.9 Å². The Morgan fingerprint density at radius 1 is 1.25 bits per heavy atom. The maximum absolute atomic E-state index is 5.70. The Kier molecular flexibility index (Phi) is 4.03. The molecule has 0 saturated carbocycles. The molecular weight excluding hydrogens is 329 g/mol. The maximum atomic E-state index is 5.70. The van der Waals surface area contributed by atoms with Crippen LogP contribution in [0.2, 0.25) is 0 Å². The fourth-order valence-corrected chi connectivity index (χ4v) is 1.96. The van der Waals surface area contributed by atoms with Crippen molar-refractivity contribution < 1.29 is 4.74 Å². The van der Waals surface area contributed by atoms with Gasteiger partial charge in [0.15, 0.2) is 0 Å². The SMILES string of the molecule is [As]c1ncc(Br)cc1OCc1ccccc1. The Morgan fingerprint density at radius 3 is 2.75 bits per heavy atom. The second-order valence-corrected chi connectivity index (χ2v) is 5.05. The first kappa shape index (κ1) is 11.7. The Labute approximate surface area is 112 Å². The predicted octanol–water partition coefficient (Wildman–Crippen LogP) is 2.22. The first-order valence-corrected chi connectivity index (χ1v) is 6.50. The molecular formula is C12H9AsBrNO. The van der Waals surface area contributed by atoms with E-state index >= 15 is 0 Å². The monoisotopic (exact) mass is 337 g/mol. The van der Waals surface area contributed by atoms with E-state index in [0.717, 1.165) is 20.3 Å². The number of halogens is 1. The van der Waals surface area contributed by atoms with Crippen LogP contribution in [0.4, 0.5) is 0 Å². The van der Waals surface area contributed by atoms with Crippen LogP contribution in [0.3, 0.4) is 0 Å². The Balaban J connectivity index is 2.08. The van der Waals surface area contributed by atoms with Gasteiger partial charge in [-0.2, -0.15) is 0 Å². The summed E-state index contributed by atoms with van der Waals surface area (Å²) >= 11 is 5.78. The third-order valence-electron chi connectivity index (χ3n) is 2.04. The van der Waals surface area contributed by atoms with Gasteiger partial charge in [0.2, 0.25) is 0 Å². The van der Waals surface area contributed by atoms with E-state index in [-0.39, 0.29) is 0 Å².